The second-order valence-corrected chi connectivity index (χ2v) is 9.01. The van der Waals surface area contributed by atoms with Crippen molar-refractivity contribution in [1.29, 1.82) is 0 Å². The Morgan fingerprint density at radius 1 is 1.17 bits per heavy atom. The van der Waals surface area contributed by atoms with E-state index >= 15 is 0 Å². The zero-order valence-corrected chi connectivity index (χ0v) is 19.8. The summed E-state index contributed by atoms with van der Waals surface area (Å²) in [6, 6.07) is 11.1. The predicted octanol–water partition coefficient (Wildman–Crippen LogP) is 5.33. The third kappa shape index (κ3) is 3.88. The van der Waals surface area contributed by atoms with E-state index in [2.05, 4.69) is 15.3 Å². The molecule has 0 bridgehead atoms. The number of nitrogens with one attached hydrogen (secondary N) is 2. The summed E-state index contributed by atoms with van der Waals surface area (Å²) in [5.41, 5.74) is 5.90. The third-order valence-corrected chi connectivity index (χ3v) is 6.64. The minimum Gasteiger partial charge on any atom is -0.493 e. The summed E-state index contributed by atoms with van der Waals surface area (Å²) in [7, 11) is 1.57. The molecule has 2 N–H and O–H groups in total. The lowest BCUT2D eigenvalue weighted by molar-refractivity contribution is -0.0812. The molecule has 3 aromatic heterocycles. The summed E-state index contributed by atoms with van der Waals surface area (Å²) in [5, 5.41) is 3.92. The number of halogens is 1. The highest BCUT2D eigenvalue weighted by molar-refractivity contribution is 6.32. The van der Waals surface area contributed by atoms with Gasteiger partial charge < -0.3 is 24.5 Å². The molecule has 2 aliphatic rings. The van der Waals surface area contributed by atoms with Gasteiger partial charge in [0, 0.05) is 29.9 Å². The molecule has 0 radical (unpaired) electrons. The molecule has 1 aliphatic carbocycles. The number of aryl methyl sites for hydroxylation is 1. The smallest absolute Gasteiger partial charge is 0.214 e. The van der Waals surface area contributed by atoms with Gasteiger partial charge >= 0.3 is 0 Å². The highest BCUT2D eigenvalue weighted by atomic mass is 35.5. The van der Waals surface area contributed by atoms with Gasteiger partial charge in [0.2, 0.25) is 5.88 Å². The Bertz CT molecular complexity index is 1450. The minimum atomic E-state index is 0.00279. The molecule has 1 aromatic carbocycles. The number of hydrogen-bond donors (Lipinski definition) is 2. The molecule has 1 aliphatic heterocycles. The Balaban J connectivity index is 1.52. The maximum Gasteiger partial charge on any atom is 0.214 e. The molecule has 4 heterocycles. The van der Waals surface area contributed by atoms with Crippen molar-refractivity contribution in [3.8, 4) is 22.9 Å². The van der Waals surface area contributed by atoms with Gasteiger partial charge in [-0.2, -0.15) is 0 Å². The lowest BCUT2D eigenvalue weighted by Gasteiger charge is -2.26. The number of aromatic nitrogens is 3. The zero-order valence-electron chi connectivity index (χ0n) is 19.1. The fraction of sp³-hybridized carbons (Fsp3) is 0.269. The molecule has 0 amide bonds. The summed E-state index contributed by atoms with van der Waals surface area (Å²) in [5.74, 6) is 1.12. The molecule has 1 fully saturated rings. The number of H-pyrrole nitrogens is 1. The number of aromatic amines is 1. The zero-order chi connectivity index (χ0) is 23.9. The normalized spacial score (nSPS) is 15.5. The highest BCUT2D eigenvalue weighted by Crippen LogP contribution is 2.43. The molecule has 9 heteroatoms. The van der Waals surface area contributed by atoms with Crippen molar-refractivity contribution in [2.45, 2.75) is 25.4 Å². The van der Waals surface area contributed by atoms with Crippen LogP contribution in [0.5, 0.6) is 11.6 Å². The van der Waals surface area contributed by atoms with E-state index in [1.807, 2.05) is 30.3 Å². The Kier molecular flexibility index (Phi) is 5.54. The first-order chi connectivity index (χ1) is 17.1. The SMILES string of the molecule is COc1c(Cl)cccc1Nc1c(-c2ccnc3ccc(OC4COC4)nc23)[nH]c2c1C(=O)CCC2. The molecule has 1 saturated heterocycles. The summed E-state index contributed by atoms with van der Waals surface area (Å²) in [6.07, 6.45) is 3.84. The average molecular weight is 491 g/mol. The van der Waals surface area contributed by atoms with E-state index < -0.39 is 0 Å². The number of pyridine rings is 2. The lowest BCUT2D eigenvalue weighted by atomic mass is 9.94. The van der Waals surface area contributed by atoms with Gasteiger partial charge in [0.15, 0.2) is 11.5 Å². The molecule has 8 nitrogen and oxygen atoms in total. The van der Waals surface area contributed by atoms with Gasteiger partial charge in [0.1, 0.15) is 11.6 Å². The van der Waals surface area contributed by atoms with Crippen LogP contribution in [-0.4, -0.2) is 47.2 Å². The monoisotopic (exact) mass is 490 g/mol. The summed E-state index contributed by atoms with van der Waals surface area (Å²) >= 11 is 6.37. The van der Waals surface area contributed by atoms with Gasteiger partial charge in [-0.1, -0.05) is 17.7 Å². The first kappa shape index (κ1) is 21.9. The number of anilines is 2. The second-order valence-electron chi connectivity index (χ2n) is 8.60. The number of Topliss-reactive ketones (excluding diaryl/α,β-unsaturated/α-hetero) is 1. The van der Waals surface area contributed by atoms with Crippen molar-refractivity contribution in [1.82, 2.24) is 15.0 Å². The van der Waals surface area contributed by atoms with Crippen LogP contribution in [-0.2, 0) is 11.2 Å². The second kappa shape index (κ2) is 8.87. The van der Waals surface area contributed by atoms with Gasteiger partial charge in [-0.25, -0.2) is 4.98 Å². The Labute approximate surface area is 206 Å². The summed E-state index contributed by atoms with van der Waals surface area (Å²) in [4.78, 5) is 25.8. The van der Waals surface area contributed by atoms with Crippen molar-refractivity contribution in [3.05, 3.63) is 58.9 Å². The average Bonchev–Trinajstić information content (AvgIpc) is 3.20. The summed E-state index contributed by atoms with van der Waals surface area (Å²) < 4.78 is 16.7. The van der Waals surface area contributed by atoms with Gasteiger partial charge in [0.05, 0.1) is 53.5 Å². The molecule has 0 saturated carbocycles. The molecule has 35 heavy (non-hydrogen) atoms. The van der Waals surface area contributed by atoms with Crippen molar-refractivity contribution in [2.75, 3.05) is 25.6 Å². The number of fused-ring (bicyclic) bond motifs is 2. The van der Waals surface area contributed by atoms with Crippen LogP contribution >= 0.6 is 11.6 Å². The molecular weight excluding hydrogens is 468 g/mol. The number of para-hydroxylation sites is 1. The van der Waals surface area contributed by atoms with Crippen molar-refractivity contribution in [2.24, 2.45) is 0 Å². The van der Waals surface area contributed by atoms with Crippen LogP contribution in [0.2, 0.25) is 5.02 Å². The maximum atomic E-state index is 13.1. The van der Waals surface area contributed by atoms with E-state index in [0.29, 0.717) is 58.7 Å². The van der Waals surface area contributed by atoms with Crippen LogP contribution in [0.25, 0.3) is 22.3 Å². The Hall–Kier alpha value is -3.62. The van der Waals surface area contributed by atoms with Crippen LogP contribution in [0.4, 0.5) is 11.4 Å². The number of carbonyl (C=O) groups excluding carboxylic acids is 1. The van der Waals surface area contributed by atoms with Gasteiger partial charge in [-0.3, -0.25) is 9.78 Å². The maximum absolute atomic E-state index is 13.1. The third-order valence-electron chi connectivity index (χ3n) is 6.34. The number of rotatable bonds is 6. The molecule has 0 spiro atoms. The number of benzene rings is 1. The van der Waals surface area contributed by atoms with Crippen molar-refractivity contribution >= 4 is 39.8 Å². The standard InChI is InChI=1S/C26H23ClN4O4/c1-33-26-16(27)4-2-6-19(26)30-25-22-17(5-3-7-20(22)32)29-24(25)15-10-11-28-18-8-9-21(31-23(15)18)35-14-12-34-13-14/h2,4,6,8-11,14,29-30H,3,5,7,12-13H2,1H3. The molecular formula is C26H23ClN4O4. The Morgan fingerprint density at radius 2 is 2.06 bits per heavy atom. The van der Waals surface area contributed by atoms with Crippen LogP contribution in [0.1, 0.15) is 28.9 Å². The number of hydrogen-bond acceptors (Lipinski definition) is 7. The van der Waals surface area contributed by atoms with E-state index in [0.717, 1.165) is 35.3 Å². The van der Waals surface area contributed by atoms with Gasteiger partial charge in [-0.15, -0.1) is 0 Å². The number of ether oxygens (including phenoxy) is 3. The molecule has 178 valence electrons. The first-order valence-corrected chi connectivity index (χ1v) is 11.9. The number of nitrogens with zero attached hydrogens (tertiary/aromatic N) is 2. The van der Waals surface area contributed by atoms with E-state index in [4.69, 9.17) is 30.8 Å². The summed E-state index contributed by atoms with van der Waals surface area (Å²) in [6.45, 7) is 1.11. The number of carbonyl (C=O) groups is 1. The lowest BCUT2D eigenvalue weighted by Crippen LogP contribution is -2.38. The van der Waals surface area contributed by atoms with E-state index in [1.54, 1.807) is 19.4 Å². The first-order valence-electron chi connectivity index (χ1n) is 11.5. The number of methoxy groups -OCH3 is 1. The van der Waals surface area contributed by atoms with Crippen LogP contribution in [0.15, 0.2) is 42.6 Å². The quantitative estimate of drug-likeness (QED) is 0.377. The topological polar surface area (TPSA) is 98.4 Å². The largest absolute Gasteiger partial charge is 0.493 e. The molecule has 4 aromatic rings. The van der Waals surface area contributed by atoms with E-state index in [-0.39, 0.29) is 11.9 Å². The van der Waals surface area contributed by atoms with Gasteiger partial charge in [-0.05, 0) is 37.1 Å². The molecule has 0 atom stereocenters. The fourth-order valence-electron chi connectivity index (χ4n) is 4.60. The molecule has 0 unspecified atom stereocenters. The number of ketones is 1. The Morgan fingerprint density at radius 3 is 2.86 bits per heavy atom. The highest BCUT2D eigenvalue weighted by Gasteiger charge is 2.29. The molecule has 6 rings (SSSR count). The van der Waals surface area contributed by atoms with E-state index in [1.165, 1.54) is 0 Å². The van der Waals surface area contributed by atoms with Crippen LogP contribution in [0, 0.1) is 0 Å². The van der Waals surface area contributed by atoms with Gasteiger partial charge in [0.25, 0.3) is 0 Å². The fourth-order valence-corrected chi connectivity index (χ4v) is 4.85. The van der Waals surface area contributed by atoms with Crippen LogP contribution in [0.3, 0.4) is 0 Å². The minimum absolute atomic E-state index is 0.00279. The van der Waals surface area contributed by atoms with E-state index in [9.17, 15) is 4.79 Å². The van der Waals surface area contributed by atoms with Crippen molar-refractivity contribution < 1.29 is 19.0 Å². The van der Waals surface area contributed by atoms with Crippen molar-refractivity contribution in [3.63, 3.8) is 0 Å². The predicted molar refractivity (Wildman–Crippen MR) is 133 cm³/mol. The van der Waals surface area contributed by atoms with Crippen LogP contribution < -0.4 is 14.8 Å².